The molecule has 70 heavy (non-hydrogen) atoms. The highest BCUT2D eigenvalue weighted by atomic mass is 16.3. The van der Waals surface area contributed by atoms with Crippen LogP contribution in [0.25, 0.3) is 0 Å². The molecular formula is C47H81N13O10. The van der Waals surface area contributed by atoms with Gasteiger partial charge in [0.25, 0.3) is 0 Å². The average Bonchev–Trinajstić information content (AvgIpc) is 3.32. The molecule has 3 unspecified atom stereocenters. The predicted molar refractivity (Wildman–Crippen MR) is 262 cm³/mol. The Hall–Kier alpha value is -5.75. The average molecular weight is 988 g/mol. The van der Waals surface area contributed by atoms with Gasteiger partial charge in [-0.2, -0.15) is 0 Å². The van der Waals surface area contributed by atoms with Crippen molar-refractivity contribution in [3.05, 3.63) is 35.9 Å². The van der Waals surface area contributed by atoms with Gasteiger partial charge < -0.3 is 75.9 Å². The maximum absolute atomic E-state index is 14.3. The molecular weight excluding hydrogens is 907 g/mol. The van der Waals surface area contributed by atoms with E-state index in [2.05, 4.69) is 54.8 Å². The number of unbranched alkanes of at least 4 members (excludes halogenated alkanes) is 4. The number of hydrogen-bond acceptors (Lipinski definition) is 14. The summed E-state index contributed by atoms with van der Waals surface area (Å²) in [5, 5.41) is 34.3. The minimum atomic E-state index is -1.60. The van der Waals surface area contributed by atoms with E-state index in [0.29, 0.717) is 18.4 Å². The van der Waals surface area contributed by atoms with Gasteiger partial charge in [0.2, 0.25) is 53.2 Å². The summed E-state index contributed by atoms with van der Waals surface area (Å²) in [5.74, 6) is -7.55. The lowest BCUT2D eigenvalue weighted by Gasteiger charge is -2.30. The van der Waals surface area contributed by atoms with Gasteiger partial charge in [-0.15, -0.1) is 0 Å². The zero-order chi connectivity index (χ0) is 52.2. The molecule has 0 aliphatic carbocycles. The topological polar surface area (TPSA) is 386 Å². The lowest BCUT2D eigenvalue weighted by Crippen LogP contribution is -2.61. The number of nitrogens with two attached hydrogens (primary N) is 4. The second-order valence-electron chi connectivity index (χ2n) is 17.8. The Morgan fingerprint density at radius 2 is 1.16 bits per heavy atom. The van der Waals surface area contributed by atoms with Crippen LogP contribution in [0.3, 0.4) is 0 Å². The fourth-order valence-electron chi connectivity index (χ4n) is 7.64. The van der Waals surface area contributed by atoms with Crippen molar-refractivity contribution in [2.45, 2.75) is 166 Å². The van der Waals surface area contributed by atoms with Crippen LogP contribution in [0, 0.1) is 5.92 Å². The Bertz CT molecular complexity index is 1840. The van der Waals surface area contributed by atoms with Crippen LogP contribution in [0.1, 0.15) is 110 Å². The van der Waals surface area contributed by atoms with E-state index in [0.717, 1.165) is 25.7 Å². The smallest absolute Gasteiger partial charge is 0.245 e. The summed E-state index contributed by atoms with van der Waals surface area (Å²) >= 11 is 0. The second kappa shape index (κ2) is 32.9. The normalized spacial score (nSPS) is 24.0. The molecule has 1 heterocycles. The van der Waals surface area contributed by atoms with Crippen molar-refractivity contribution in [1.29, 1.82) is 0 Å². The van der Waals surface area contributed by atoms with Crippen LogP contribution in [0.5, 0.6) is 0 Å². The fraction of sp³-hybridized carbons (Fsp3) is 0.681. The van der Waals surface area contributed by atoms with Gasteiger partial charge in [0.05, 0.1) is 6.10 Å². The van der Waals surface area contributed by atoms with Crippen molar-refractivity contribution >= 4 is 53.2 Å². The van der Waals surface area contributed by atoms with Gasteiger partial charge >= 0.3 is 0 Å². The molecule has 0 aromatic heterocycles. The Morgan fingerprint density at radius 3 is 1.70 bits per heavy atom. The van der Waals surface area contributed by atoms with Gasteiger partial charge in [-0.3, -0.25) is 43.2 Å². The molecule has 1 aromatic rings. The van der Waals surface area contributed by atoms with E-state index in [-0.39, 0.29) is 83.6 Å². The number of carbonyl (C=O) groups is 9. The summed E-state index contributed by atoms with van der Waals surface area (Å²) in [6.45, 7) is 6.19. The molecule has 1 saturated heterocycles. The molecule has 1 aliphatic rings. The van der Waals surface area contributed by atoms with Crippen LogP contribution >= 0.6 is 0 Å². The third-order valence-electron chi connectivity index (χ3n) is 12.0. The fourth-order valence-corrected chi connectivity index (χ4v) is 7.64. The number of carbonyl (C=O) groups excluding carboxylic acids is 9. The van der Waals surface area contributed by atoms with Crippen molar-refractivity contribution in [2.75, 3.05) is 32.7 Å². The molecule has 9 amide bonds. The van der Waals surface area contributed by atoms with Crippen molar-refractivity contribution in [1.82, 2.24) is 47.9 Å². The predicted octanol–water partition coefficient (Wildman–Crippen LogP) is -3.19. The molecule has 2 rings (SSSR count). The molecule has 0 spiro atoms. The Balaban J connectivity index is 2.69. The molecule has 18 N–H and O–H groups in total. The zero-order valence-electron chi connectivity index (χ0n) is 41.3. The maximum atomic E-state index is 14.3. The van der Waals surface area contributed by atoms with Gasteiger partial charge in [0, 0.05) is 19.4 Å². The van der Waals surface area contributed by atoms with Crippen LogP contribution in [0.2, 0.25) is 0 Å². The maximum Gasteiger partial charge on any atom is 0.245 e. The minimum absolute atomic E-state index is 0.00240. The first kappa shape index (κ1) is 60.4. The lowest BCUT2D eigenvalue weighted by atomic mass is 9.96. The van der Waals surface area contributed by atoms with Crippen molar-refractivity contribution < 1.29 is 48.3 Å². The molecule has 1 fully saturated rings. The SMILES string of the molecule is CCCCCCCC(=O)N[C@@H](CCN)C(=O)NC1CCNC(=O)C([C@@H](C)O)NC(=O)[C@H](CCN)NC(=O)[C@H](CCN)NC(=O)[C@H]([C@@H](C)CC)NC(=O)[C@@H](Cc2ccccc2)NC(=O)C(CCN)NC1=O. The molecule has 23 heteroatoms. The molecule has 0 saturated carbocycles. The highest BCUT2D eigenvalue weighted by Crippen LogP contribution is 2.13. The number of nitrogens with one attached hydrogen (secondary N) is 9. The van der Waals surface area contributed by atoms with Crippen LogP contribution < -0.4 is 70.8 Å². The molecule has 0 radical (unpaired) electrons. The Kier molecular flexibility index (Phi) is 28.4. The first-order valence-corrected chi connectivity index (χ1v) is 24.7. The summed E-state index contributed by atoms with van der Waals surface area (Å²) in [6, 6.07) is -2.13. The highest BCUT2D eigenvalue weighted by Gasteiger charge is 2.36. The van der Waals surface area contributed by atoms with E-state index in [4.69, 9.17) is 22.9 Å². The summed E-state index contributed by atoms with van der Waals surface area (Å²) in [5.41, 5.74) is 24.1. The third kappa shape index (κ3) is 21.1. The van der Waals surface area contributed by atoms with Gasteiger partial charge in [-0.05, 0) is 83.1 Å². The monoisotopic (exact) mass is 988 g/mol. The Morgan fingerprint density at radius 1 is 0.643 bits per heavy atom. The number of hydrogen-bond donors (Lipinski definition) is 14. The molecule has 394 valence electrons. The zero-order valence-corrected chi connectivity index (χ0v) is 41.3. The molecule has 1 aromatic carbocycles. The van der Waals surface area contributed by atoms with Gasteiger partial charge in [0.15, 0.2) is 0 Å². The number of rotatable bonds is 22. The Labute approximate surface area is 411 Å². The number of benzene rings is 1. The van der Waals surface area contributed by atoms with Gasteiger partial charge in [-0.25, -0.2) is 0 Å². The second-order valence-corrected chi connectivity index (χ2v) is 17.8. The van der Waals surface area contributed by atoms with Crippen LogP contribution in [0.4, 0.5) is 0 Å². The molecule has 10 atom stereocenters. The van der Waals surface area contributed by atoms with Crippen molar-refractivity contribution in [2.24, 2.45) is 28.9 Å². The van der Waals surface area contributed by atoms with E-state index in [1.54, 1.807) is 44.2 Å². The molecule has 23 nitrogen and oxygen atoms in total. The lowest BCUT2D eigenvalue weighted by molar-refractivity contribution is -0.136. The van der Waals surface area contributed by atoms with Crippen LogP contribution in [-0.4, -0.2) is 145 Å². The van der Waals surface area contributed by atoms with E-state index < -0.39 is 108 Å². The van der Waals surface area contributed by atoms with Crippen molar-refractivity contribution in [3.8, 4) is 0 Å². The van der Waals surface area contributed by atoms with Crippen LogP contribution in [-0.2, 0) is 49.6 Å². The largest absolute Gasteiger partial charge is 0.391 e. The molecule has 1 aliphatic heterocycles. The third-order valence-corrected chi connectivity index (χ3v) is 12.0. The van der Waals surface area contributed by atoms with E-state index in [9.17, 15) is 48.3 Å². The summed E-state index contributed by atoms with van der Waals surface area (Å²) in [7, 11) is 0. The van der Waals surface area contributed by atoms with Gasteiger partial charge in [0.1, 0.15) is 48.3 Å². The standard InChI is InChI=1S/C47H81N13O10/c1-5-7-8-9-13-16-37(62)53-31(17-22-48)40(63)56-35-21-26-52-46(69)39(29(4)61)60-44(67)34(20-25-51)55-41(64)33(19-24-50)57-47(70)38(28(3)6-2)59-45(68)36(27-30-14-11-10-12-15-30)58-42(65)32(18-23-49)54-43(35)66/h10-12,14-15,28-29,31-36,38-39,61H,5-9,13,16-27,48-51H2,1-4H3,(H,52,69)(H,53,62)(H,54,66)(H,55,64)(H,56,63)(H,57,70)(H,58,65)(H,59,68)(H,60,67)/t28-,29+,31-,32?,33-,34-,35?,36+,38-,39?/m0/s1. The van der Waals surface area contributed by atoms with Crippen molar-refractivity contribution in [3.63, 3.8) is 0 Å². The van der Waals surface area contributed by atoms with Crippen LogP contribution in [0.15, 0.2) is 30.3 Å². The number of aliphatic hydroxyl groups is 1. The first-order chi connectivity index (χ1) is 33.4. The van der Waals surface area contributed by atoms with E-state index in [1.807, 2.05) is 0 Å². The van der Waals surface area contributed by atoms with E-state index >= 15 is 0 Å². The number of amides is 9. The number of aliphatic hydroxyl groups excluding tert-OH is 1. The summed E-state index contributed by atoms with van der Waals surface area (Å²) < 4.78 is 0. The highest BCUT2D eigenvalue weighted by molar-refractivity contribution is 5.98. The van der Waals surface area contributed by atoms with Gasteiger partial charge in [-0.1, -0.05) is 83.2 Å². The first-order valence-electron chi connectivity index (χ1n) is 24.7. The summed E-state index contributed by atoms with van der Waals surface area (Å²) in [6.07, 6.45) is 2.79. The van der Waals surface area contributed by atoms with E-state index in [1.165, 1.54) is 6.92 Å². The quantitative estimate of drug-likeness (QED) is 0.0510. The minimum Gasteiger partial charge on any atom is -0.391 e. The molecule has 0 bridgehead atoms. The summed E-state index contributed by atoms with van der Waals surface area (Å²) in [4.78, 5) is 125.